The van der Waals surface area contributed by atoms with Gasteiger partial charge in [0.25, 0.3) is 0 Å². The molecule has 80 valence electrons. The number of unbranched alkanes of at least 4 members (excludes halogenated alkanes) is 1. The van der Waals surface area contributed by atoms with Gasteiger partial charge in [-0.1, -0.05) is 20.8 Å². The molecule has 1 atom stereocenters. The largest absolute Gasteiger partial charge is 0.396 e. The van der Waals surface area contributed by atoms with E-state index in [-0.39, 0.29) is 5.41 Å². The second kappa shape index (κ2) is 6.39. The zero-order valence-corrected chi connectivity index (χ0v) is 9.47. The van der Waals surface area contributed by atoms with Crippen LogP contribution in [0.4, 0.5) is 0 Å². The van der Waals surface area contributed by atoms with Crippen LogP contribution in [0, 0.1) is 5.41 Å². The van der Waals surface area contributed by atoms with Crippen molar-refractivity contribution in [2.75, 3.05) is 13.2 Å². The van der Waals surface area contributed by atoms with Crippen molar-refractivity contribution in [3.8, 4) is 0 Å². The molecule has 0 amide bonds. The van der Waals surface area contributed by atoms with Crippen LogP contribution in [0.15, 0.2) is 0 Å². The van der Waals surface area contributed by atoms with Gasteiger partial charge in [-0.3, -0.25) is 0 Å². The van der Waals surface area contributed by atoms with Gasteiger partial charge in [-0.05, 0) is 31.6 Å². The highest BCUT2D eigenvalue weighted by atomic mass is 16.5. The third-order valence-corrected chi connectivity index (χ3v) is 2.21. The Morgan fingerprint density at radius 1 is 1.23 bits per heavy atom. The second-order valence-electron chi connectivity index (χ2n) is 4.53. The number of aliphatic hydroxyl groups excluding tert-OH is 1. The molecule has 0 bridgehead atoms. The van der Waals surface area contributed by atoms with Crippen molar-refractivity contribution < 1.29 is 9.84 Å². The van der Waals surface area contributed by atoms with Gasteiger partial charge in [0.1, 0.15) is 0 Å². The minimum absolute atomic E-state index is 0.214. The fourth-order valence-corrected chi connectivity index (χ4v) is 1.41. The van der Waals surface area contributed by atoms with Crippen molar-refractivity contribution in [2.45, 2.75) is 53.1 Å². The third-order valence-electron chi connectivity index (χ3n) is 2.21. The fraction of sp³-hybridized carbons (Fsp3) is 1.00. The van der Waals surface area contributed by atoms with Crippen LogP contribution in [0.3, 0.4) is 0 Å². The molecule has 0 aromatic carbocycles. The maximum absolute atomic E-state index is 8.67. The molecule has 1 unspecified atom stereocenters. The Morgan fingerprint density at radius 3 is 2.23 bits per heavy atom. The van der Waals surface area contributed by atoms with Crippen LogP contribution in [0.25, 0.3) is 0 Å². The highest BCUT2D eigenvalue weighted by Crippen LogP contribution is 2.26. The number of hydrogen-bond acceptors (Lipinski definition) is 2. The van der Waals surface area contributed by atoms with E-state index < -0.39 is 0 Å². The van der Waals surface area contributed by atoms with E-state index in [1.807, 2.05) is 6.92 Å². The van der Waals surface area contributed by atoms with E-state index in [0.29, 0.717) is 12.7 Å². The first kappa shape index (κ1) is 12.9. The Labute approximate surface area is 82.3 Å². The van der Waals surface area contributed by atoms with Crippen LogP contribution < -0.4 is 0 Å². The van der Waals surface area contributed by atoms with Gasteiger partial charge >= 0.3 is 0 Å². The van der Waals surface area contributed by atoms with Gasteiger partial charge in [-0.25, -0.2) is 0 Å². The quantitative estimate of drug-likeness (QED) is 0.649. The van der Waals surface area contributed by atoms with Crippen LogP contribution in [0.2, 0.25) is 0 Å². The lowest BCUT2D eigenvalue weighted by Gasteiger charge is -2.30. The normalized spacial score (nSPS) is 14.5. The van der Waals surface area contributed by atoms with E-state index in [9.17, 15) is 0 Å². The molecule has 1 N–H and O–H groups in total. The summed E-state index contributed by atoms with van der Waals surface area (Å²) in [6, 6.07) is 0. The molecule has 0 rings (SSSR count). The molecular formula is C11H24O2. The van der Waals surface area contributed by atoms with Crippen LogP contribution in [0.1, 0.15) is 47.0 Å². The van der Waals surface area contributed by atoms with Crippen molar-refractivity contribution in [1.29, 1.82) is 0 Å². The van der Waals surface area contributed by atoms with Crippen LogP contribution in [-0.2, 0) is 4.74 Å². The number of ether oxygens (including phenoxy) is 1. The molecule has 0 aliphatic carbocycles. The molecule has 2 heteroatoms. The van der Waals surface area contributed by atoms with Gasteiger partial charge in [0, 0.05) is 13.2 Å². The monoisotopic (exact) mass is 188 g/mol. The molecular weight excluding hydrogens is 164 g/mol. The number of hydrogen-bond donors (Lipinski definition) is 1. The van der Waals surface area contributed by atoms with Crippen LogP contribution in [-0.4, -0.2) is 24.4 Å². The molecule has 0 aliphatic heterocycles. The lowest BCUT2D eigenvalue weighted by Crippen LogP contribution is -2.29. The summed E-state index contributed by atoms with van der Waals surface area (Å²) in [5.41, 5.74) is 0.214. The standard InChI is InChI=1S/C11H24O2/c1-5-13-10(11(2,3)4)8-6-7-9-12/h10,12H,5-9H2,1-4H3. The van der Waals surface area contributed by atoms with Crippen LogP contribution in [0.5, 0.6) is 0 Å². The summed E-state index contributed by atoms with van der Waals surface area (Å²) in [6.45, 7) is 9.71. The molecule has 13 heavy (non-hydrogen) atoms. The van der Waals surface area contributed by atoms with Gasteiger partial charge in [-0.15, -0.1) is 0 Å². The Kier molecular flexibility index (Phi) is 6.35. The molecule has 0 aliphatic rings. The molecule has 2 nitrogen and oxygen atoms in total. The summed E-state index contributed by atoms with van der Waals surface area (Å²) < 4.78 is 5.67. The summed E-state index contributed by atoms with van der Waals surface area (Å²) in [7, 11) is 0. The minimum Gasteiger partial charge on any atom is -0.396 e. The fourth-order valence-electron chi connectivity index (χ4n) is 1.41. The summed E-state index contributed by atoms with van der Waals surface area (Å²) in [4.78, 5) is 0. The molecule has 0 fully saturated rings. The minimum atomic E-state index is 0.214. The average molecular weight is 188 g/mol. The van der Waals surface area contributed by atoms with Crippen molar-refractivity contribution in [2.24, 2.45) is 5.41 Å². The van der Waals surface area contributed by atoms with Gasteiger partial charge in [0.05, 0.1) is 6.10 Å². The average Bonchev–Trinajstić information content (AvgIpc) is 2.01. The molecule has 0 spiro atoms. The molecule has 0 radical (unpaired) electrons. The molecule has 0 heterocycles. The van der Waals surface area contributed by atoms with Gasteiger partial charge < -0.3 is 9.84 Å². The molecule has 0 saturated heterocycles. The Bertz CT molecular complexity index is 116. The summed E-state index contributed by atoms with van der Waals surface area (Å²) in [5.74, 6) is 0. The zero-order chi connectivity index (χ0) is 10.3. The van der Waals surface area contributed by atoms with Crippen molar-refractivity contribution in [3.05, 3.63) is 0 Å². The smallest absolute Gasteiger partial charge is 0.0623 e. The predicted molar refractivity (Wildman–Crippen MR) is 55.8 cm³/mol. The summed E-state index contributed by atoms with van der Waals surface area (Å²) in [5, 5.41) is 8.67. The van der Waals surface area contributed by atoms with Gasteiger partial charge in [0.15, 0.2) is 0 Å². The van der Waals surface area contributed by atoms with Gasteiger partial charge in [0.2, 0.25) is 0 Å². The van der Waals surface area contributed by atoms with Crippen molar-refractivity contribution in [1.82, 2.24) is 0 Å². The van der Waals surface area contributed by atoms with E-state index >= 15 is 0 Å². The van der Waals surface area contributed by atoms with E-state index in [2.05, 4.69) is 20.8 Å². The Morgan fingerprint density at radius 2 is 1.85 bits per heavy atom. The summed E-state index contributed by atoms with van der Waals surface area (Å²) >= 11 is 0. The van der Waals surface area contributed by atoms with E-state index in [4.69, 9.17) is 9.84 Å². The number of aliphatic hydroxyl groups is 1. The van der Waals surface area contributed by atoms with Crippen molar-refractivity contribution in [3.63, 3.8) is 0 Å². The molecule has 0 aromatic rings. The Balaban J connectivity index is 3.81. The third kappa shape index (κ3) is 6.05. The van der Waals surface area contributed by atoms with Crippen molar-refractivity contribution >= 4 is 0 Å². The Hall–Kier alpha value is -0.0800. The van der Waals surface area contributed by atoms with Gasteiger partial charge in [-0.2, -0.15) is 0 Å². The summed E-state index contributed by atoms with van der Waals surface area (Å²) in [6.07, 6.45) is 3.32. The SMILES string of the molecule is CCOC(CCCCO)C(C)(C)C. The van der Waals surface area contributed by atoms with E-state index in [1.54, 1.807) is 0 Å². The first-order valence-corrected chi connectivity index (χ1v) is 5.24. The maximum Gasteiger partial charge on any atom is 0.0623 e. The van der Waals surface area contributed by atoms with Crippen LogP contribution >= 0.6 is 0 Å². The number of rotatable bonds is 6. The highest BCUT2D eigenvalue weighted by molar-refractivity contribution is 4.74. The lowest BCUT2D eigenvalue weighted by molar-refractivity contribution is -0.0183. The topological polar surface area (TPSA) is 29.5 Å². The molecule has 0 aromatic heterocycles. The predicted octanol–water partition coefficient (Wildman–Crippen LogP) is 2.60. The maximum atomic E-state index is 8.67. The lowest BCUT2D eigenvalue weighted by atomic mass is 9.86. The molecule has 0 saturated carbocycles. The van der Waals surface area contributed by atoms with E-state index in [0.717, 1.165) is 25.9 Å². The first-order valence-electron chi connectivity index (χ1n) is 5.24. The second-order valence-corrected chi connectivity index (χ2v) is 4.53. The highest BCUT2D eigenvalue weighted by Gasteiger charge is 2.24. The van der Waals surface area contributed by atoms with E-state index in [1.165, 1.54) is 0 Å². The first-order chi connectivity index (χ1) is 6.02. The zero-order valence-electron chi connectivity index (χ0n) is 9.47.